The fourth-order valence-corrected chi connectivity index (χ4v) is 3.54. The van der Waals surface area contributed by atoms with Crippen molar-refractivity contribution in [1.82, 2.24) is 9.97 Å². The molecule has 0 spiro atoms. The maximum Gasteiger partial charge on any atom is 0.353 e. The molecule has 2 heterocycles. The number of aryl methyl sites for hydroxylation is 2. The lowest BCUT2D eigenvalue weighted by molar-refractivity contribution is -0.383. The van der Waals surface area contributed by atoms with Gasteiger partial charge in [0, 0.05) is 18.8 Å². The molecule has 28 heavy (non-hydrogen) atoms. The molecule has 1 aliphatic rings. The van der Waals surface area contributed by atoms with Gasteiger partial charge in [-0.25, -0.2) is 9.97 Å². The van der Waals surface area contributed by atoms with E-state index < -0.39 is 4.92 Å². The zero-order valence-corrected chi connectivity index (χ0v) is 16.1. The number of nitrogens with one attached hydrogen (secondary N) is 1. The van der Waals surface area contributed by atoms with E-state index in [2.05, 4.69) is 15.3 Å². The van der Waals surface area contributed by atoms with Crippen molar-refractivity contribution in [2.24, 2.45) is 5.92 Å². The molecule has 0 unspecified atom stereocenters. The predicted octanol–water partition coefficient (Wildman–Crippen LogP) is 3.13. The van der Waals surface area contributed by atoms with Crippen molar-refractivity contribution < 1.29 is 14.5 Å². The molecular formula is C19H23N5O4. The lowest BCUT2D eigenvalue weighted by Crippen LogP contribution is -2.37. The Kier molecular flexibility index (Phi) is 5.72. The van der Waals surface area contributed by atoms with E-state index in [1.807, 2.05) is 36.9 Å². The van der Waals surface area contributed by atoms with E-state index >= 15 is 0 Å². The molecule has 1 saturated heterocycles. The molecule has 0 saturated carbocycles. The Balaban J connectivity index is 1.88. The summed E-state index contributed by atoms with van der Waals surface area (Å²) in [7, 11) is 1.37. The highest BCUT2D eigenvalue weighted by Crippen LogP contribution is 2.35. The van der Waals surface area contributed by atoms with E-state index in [4.69, 9.17) is 4.74 Å². The molecule has 9 heteroatoms. The molecule has 3 rings (SSSR count). The van der Waals surface area contributed by atoms with Crippen LogP contribution in [0.2, 0.25) is 0 Å². The zero-order chi connectivity index (χ0) is 20.3. The van der Waals surface area contributed by atoms with E-state index in [0.29, 0.717) is 25.9 Å². The number of hydrogen-bond acceptors (Lipinski definition) is 8. The lowest BCUT2D eigenvalue weighted by Gasteiger charge is -2.31. The van der Waals surface area contributed by atoms with Gasteiger partial charge in [0.25, 0.3) is 0 Å². The van der Waals surface area contributed by atoms with Crippen LogP contribution in [0.4, 0.5) is 23.0 Å². The number of anilines is 3. The van der Waals surface area contributed by atoms with Gasteiger partial charge in [0.1, 0.15) is 6.33 Å². The van der Waals surface area contributed by atoms with E-state index in [0.717, 1.165) is 16.8 Å². The number of carbonyl (C=O) groups is 1. The zero-order valence-electron chi connectivity index (χ0n) is 16.1. The van der Waals surface area contributed by atoms with Crippen LogP contribution < -0.4 is 10.2 Å². The summed E-state index contributed by atoms with van der Waals surface area (Å²) in [5.41, 5.74) is 2.65. The first-order chi connectivity index (χ1) is 13.4. The number of rotatable bonds is 5. The summed E-state index contributed by atoms with van der Waals surface area (Å²) in [6, 6.07) is 5.83. The summed E-state index contributed by atoms with van der Waals surface area (Å²) < 4.78 is 4.80. The van der Waals surface area contributed by atoms with Gasteiger partial charge in [-0.3, -0.25) is 14.9 Å². The molecule has 9 nitrogen and oxygen atoms in total. The standard InChI is InChI=1S/C19H23N5O4/c1-12-8-13(2)10-15(9-12)22-17-16(24(26)27)18(21-11-20-17)23-6-4-14(5-7-23)19(25)28-3/h8-11,14H,4-7H2,1-3H3,(H,20,21,22). The van der Waals surface area contributed by atoms with Crippen LogP contribution in [0.15, 0.2) is 24.5 Å². The molecule has 1 fully saturated rings. The quantitative estimate of drug-likeness (QED) is 0.475. The predicted molar refractivity (Wildman–Crippen MR) is 105 cm³/mol. The summed E-state index contributed by atoms with van der Waals surface area (Å²) in [5.74, 6) is -0.0192. The molecular weight excluding hydrogens is 362 g/mol. The molecule has 0 aliphatic carbocycles. The molecule has 148 valence electrons. The first-order valence-corrected chi connectivity index (χ1v) is 9.06. The van der Waals surface area contributed by atoms with Gasteiger partial charge in [0.05, 0.1) is 18.0 Å². The Labute approximate surface area is 162 Å². The van der Waals surface area contributed by atoms with Crippen LogP contribution in [-0.4, -0.2) is 41.1 Å². The Morgan fingerprint density at radius 1 is 1.21 bits per heavy atom. The van der Waals surface area contributed by atoms with Crippen molar-refractivity contribution >= 4 is 29.0 Å². The van der Waals surface area contributed by atoms with Gasteiger partial charge in [0.2, 0.25) is 11.6 Å². The van der Waals surface area contributed by atoms with Gasteiger partial charge in [-0.1, -0.05) is 6.07 Å². The third kappa shape index (κ3) is 4.19. The fraction of sp³-hybridized carbons (Fsp3) is 0.421. The summed E-state index contributed by atoms with van der Waals surface area (Å²) in [5, 5.41) is 14.9. The van der Waals surface area contributed by atoms with Gasteiger partial charge in [0.15, 0.2) is 0 Å². The van der Waals surface area contributed by atoms with E-state index in [-0.39, 0.29) is 29.2 Å². The Morgan fingerprint density at radius 2 is 1.86 bits per heavy atom. The van der Waals surface area contributed by atoms with Crippen LogP contribution in [0.25, 0.3) is 0 Å². The maximum absolute atomic E-state index is 11.8. The van der Waals surface area contributed by atoms with Crippen LogP contribution >= 0.6 is 0 Å². The smallest absolute Gasteiger partial charge is 0.353 e. The number of nitrogens with zero attached hydrogens (tertiary/aromatic N) is 4. The molecule has 0 bridgehead atoms. The van der Waals surface area contributed by atoms with Crippen molar-refractivity contribution in [3.05, 3.63) is 45.8 Å². The average Bonchev–Trinajstić information content (AvgIpc) is 2.66. The van der Waals surface area contributed by atoms with Crippen LogP contribution in [0.1, 0.15) is 24.0 Å². The molecule has 1 aromatic carbocycles. The summed E-state index contributed by atoms with van der Waals surface area (Å²) >= 11 is 0. The van der Waals surface area contributed by atoms with Crippen LogP contribution in [-0.2, 0) is 9.53 Å². The molecule has 0 amide bonds. The van der Waals surface area contributed by atoms with Gasteiger partial charge in [-0.05, 0) is 49.9 Å². The monoisotopic (exact) mass is 385 g/mol. The second-order valence-electron chi connectivity index (χ2n) is 6.94. The van der Waals surface area contributed by atoms with Crippen molar-refractivity contribution in [2.45, 2.75) is 26.7 Å². The summed E-state index contributed by atoms with van der Waals surface area (Å²) in [4.78, 5) is 33.2. The van der Waals surface area contributed by atoms with Gasteiger partial charge in [-0.2, -0.15) is 0 Å². The van der Waals surface area contributed by atoms with Crippen molar-refractivity contribution in [1.29, 1.82) is 0 Å². The van der Waals surface area contributed by atoms with E-state index in [1.165, 1.54) is 13.4 Å². The normalized spacial score (nSPS) is 14.6. The number of benzene rings is 1. The number of hydrogen-bond donors (Lipinski definition) is 1. The Morgan fingerprint density at radius 3 is 2.43 bits per heavy atom. The number of aromatic nitrogens is 2. The highest BCUT2D eigenvalue weighted by atomic mass is 16.6. The van der Waals surface area contributed by atoms with Crippen LogP contribution in [0.5, 0.6) is 0 Å². The first kappa shape index (κ1) is 19.5. The van der Waals surface area contributed by atoms with E-state index in [1.54, 1.807) is 0 Å². The third-order valence-electron chi connectivity index (χ3n) is 4.80. The molecule has 0 atom stereocenters. The summed E-state index contributed by atoms with van der Waals surface area (Å²) in [6.45, 7) is 4.90. The molecule has 0 radical (unpaired) electrons. The summed E-state index contributed by atoms with van der Waals surface area (Å²) in [6.07, 6.45) is 2.45. The fourth-order valence-electron chi connectivity index (χ4n) is 3.54. The number of carbonyl (C=O) groups excluding carboxylic acids is 1. The second kappa shape index (κ2) is 8.20. The van der Waals surface area contributed by atoms with Crippen LogP contribution in [0.3, 0.4) is 0 Å². The minimum Gasteiger partial charge on any atom is -0.469 e. The third-order valence-corrected chi connectivity index (χ3v) is 4.80. The van der Waals surface area contributed by atoms with E-state index in [9.17, 15) is 14.9 Å². The van der Waals surface area contributed by atoms with Crippen molar-refractivity contribution in [3.63, 3.8) is 0 Å². The lowest BCUT2D eigenvalue weighted by atomic mass is 9.97. The highest BCUT2D eigenvalue weighted by molar-refractivity contribution is 5.76. The average molecular weight is 385 g/mol. The minimum atomic E-state index is -0.466. The number of methoxy groups -OCH3 is 1. The number of piperidine rings is 1. The molecule has 2 aromatic rings. The maximum atomic E-state index is 11.8. The highest BCUT2D eigenvalue weighted by Gasteiger charge is 2.32. The number of nitro groups is 1. The Bertz CT molecular complexity index is 874. The van der Waals surface area contributed by atoms with Crippen molar-refractivity contribution in [3.8, 4) is 0 Å². The molecule has 1 N–H and O–H groups in total. The second-order valence-corrected chi connectivity index (χ2v) is 6.94. The van der Waals surface area contributed by atoms with Gasteiger partial charge >= 0.3 is 11.7 Å². The number of ether oxygens (including phenoxy) is 1. The minimum absolute atomic E-state index is 0.148. The first-order valence-electron chi connectivity index (χ1n) is 9.06. The topological polar surface area (TPSA) is 110 Å². The number of esters is 1. The largest absolute Gasteiger partial charge is 0.469 e. The van der Waals surface area contributed by atoms with Gasteiger partial charge in [-0.15, -0.1) is 0 Å². The van der Waals surface area contributed by atoms with Gasteiger partial charge < -0.3 is 15.0 Å². The Hall–Kier alpha value is -3.23. The SMILES string of the molecule is COC(=O)C1CCN(c2ncnc(Nc3cc(C)cc(C)c3)c2[N+](=O)[O-])CC1. The van der Waals surface area contributed by atoms with Crippen molar-refractivity contribution in [2.75, 3.05) is 30.4 Å². The molecule has 1 aliphatic heterocycles. The molecule has 1 aromatic heterocycles. The van der Waals surface area contributed by atoms with Crippen LogP contribution in [0, 0.1) is 29.9 Å².